The second kappa shape index (κ2) is 16.1. The molecular formula is C19H42. The van der Waals surface area contributed by atoms with E-state index in [-0.39, 0.29) is 0 Å². The Morgan fingerprint density at radius 3 is 1.47 bits per heavy atom. The summed E-state index contributed by atoms with van der Waals surface area (Å²) >= 11 is 0. The average Bonchev–Trinajstić information content (AvgIpc) is 3.06. The highest BCUT2D eigenvalue weighted by molar-refractivity contribution is 4.87. The monoisotopic (exact) mass is 270 g/mol. The minimum absolute atomic E-state index is 1.08. The Labute approximate surface area is 124 Å². The predicted molar refractivity (Wildman–Crippen MR) is 91.7 cm³/mol. The molecule has 0 aromatic carbocycles. The molecule has 2 fully saturated rings. The number of rotatable bonds is 4. The van der Waals surface area contributed by atoms with E-state index in [0.717, 1.165) is 17.8 Å². The highest BCUT2D eigenvalue weighted by Gasteiger charge is 2.36. The van der Waals surface area contributed by atoms with Crippen LogP contribution in [0.3, 0.4) is 0 Å². The van der Waals surface area contributed by atoms with Gasteiger partial charge in [-0.3, -0.25) is 0 Å². The molecule has 0 nitrogen and oxygen atoms in total. The summed E-state index contributed by atoms with van der Waals surface area (Å²) in [5, 5.41) is 0. The Balaban J connectivity index is 0. The molecule has 0 heterocycles. The van der Waals surface area contributed by atoms with Gasteiger partial charge in [-0.05, 0) is 37.0 Å². The van der Waals surface area contributed by atoms with Crippen molar-refractivity contribution in [1.82, 2.24) is 0 Å². The quantitative estimate of drug-likeness (QED) is 0.465. The molecule has 0 heteroatoms. The first kappa shape index (κ1) is 21.3. The normalized spacial score (nSPS) is 26.4. The van der Waals surface area contributed by atoms with Gasteiger partial charge in [-0.1, -0.05) is 87.0 Å². The summed E-state index contributed by atoms with van der Waals surface area (Å²) in [6, 6.07) is 0. The van der Waals surface area contributed by atoms with Crippen molar-refractivity contribution in [2.45, 2.75) is 106 Å². The van der Waals surface area contributed by atoms with E-state index in [4.69, 9.17) is 0 Å². The van der Waals surface area contributed by atoms with E-state index >= 15 is 0 Å². The molecule has 0 amide bonds. The Morgan fingerprint density at radius 2 is 1.26 bits per heavy atom. The van der Waals surface area contributed by atoms with Gasteiger partial charge in [-0.25, -0.2) is 0 Å². The van der Waals surface area contributed by atoms with Crippen molar-refractivity contribution in [3.63, 3.8) is 0 Å². The van der Waals surface area contributed by atoms with Crippen molar-refractivity contribution < 1.29 is 0 Å². The average molecular weight is 271 g/mol. The molecule has 2 aliphatic rings. The smallest absolute Gasteiger partial charge is 0.0386 e. The summed E-state index contributed by atoms with van der Waals surface area (Å²) in [7, 11) is 0. The second-order valence-corrected chi connectivity index (χ2v) is 5.71. The van der Waals surface area contributed by atoms with E-state index < -0.39 is 0 Å². The first-order chi connectivity index (χ1) is 9.27. The molecule has 0 saturated heterocycles. The van der Waals surface area contributed by atoms with Crippen LogP contribution in [-0.4, -0.2) is 0 Å². The molecule has 2 saturated carbocycles. The largest absolute Gasteiger partial charge is 0.0683 e. The van der Waals surface area contributed by atoms with Gasteiger partial charge in [0.2, 0.25) is 0 Å². The van der Waals surface area contributed by atoms with Gasteiger partial charge in [0, 0.05) is 0 Å². The number of hydrogen-bond donors (Lipinski definition) is 0. The molecule has 3 atom stereocenters. The molecule has 0 radical (unpaired) electrons. The Kier molecular flexibility index (Phi) is 18.0. The Bertz CT molecular complexity index is 144. The van der Waals surface area contributed by atoms with Crippen molar-refractivity contribution >= 4 is 0 Å². The number of unbranched alkanes of at least 4 members (excludes halogenated alkanes) is 4. The molecule has 0 N–H and O–H groups in total. The van der Waals surface area contributed by atoms with Gasteiger partial charge in [-0.2, -0.15) is 0 Å². The van der Waals surface area contributed by atoms with E-state index in [1.54, 1.807) is 25.7 Å². The standard InChI is InChI=1S/C8H14.C7H16.2C2H6/c1-6-4-7-2-3-8(6)5-7;1-3-5-7-6-4-2;2*1-2/h6-8H,2-5H2,1H3;3-7H2,1-2H3;2*1-2H3. The van der Waals surface area contributed by atoms with Crippen LogP contribution in [0.5, 0.6) is 0 Å². The maximum absolute atomic E-state index is 2.42. The summed E-state index contributed by atoms with van der Waals surface area (Å²) < 4.78 is 0. The van der Waals surface area contributed by atoms with Gasteiger partial charge in [0.15, 0.2) is 0 Å². The Morgan fingerprint density at radius 1 is 0.737 bits per heavy atom. The van der Waals surface area contributed by atoms with Crippen LogP contribution in [0.2, 0.25) is 0 Å². The first-order valence-corrected chi connectivity index (χ1v) is 9.27. The summed E-state index contributed by atoms with van der Waals surface area (Å²) in [4.78, 5) is 0. The topological polar surface area (TPSA) is 0 Å². The number of fused-ring (bicyclic) bond motifs is 2. The van der Waals surface area contributed by atoms with Gasteiger partial charge in [-0.15, -0.1) is 0 Å². The van der Waals surface area contributed by atoms with Crippen LogP contribution in [-0.2, 0) is 0 Å². The molecule has 2 aliphatic carbocycles. The van der Waals surface area contributed by atoms with Crippen LogP contribution < -0.4 is 0 Å². The fourth-order valence-corrected chi connectivity index (χ4v) is 3.24. The van der Waals surface area contributed by atoms with Crippen LogP contribution in [0.25, 0.3) is 0 Å². The van der Waals surface area contributed by atoms with Gasteiger partial charge in [0.25, 0.3) is 0 Å². The van der Waals surface area contributed by atoms with Gasteiger partial charge >= 0.3 is 0 Å². The molecule has 0 aromatic rings. The maximum Gasteiger partial charge on any atom is -0.0386 e. The second-order valence-electron chi connectivity index (χ2n) is 5.71. The van der Waals surface area contributed by atoms with Gasteiger partial charge in [0.05, 0.1) is 0 Å². The third-order valence-corrected chi connectivity index (χ3v) is 4.30. The van der Waals surface area contributed by atoms with E-state index in [0.29, 0.717) is 0 Å². The molecule has 118 valence electrons. The van der Waals surface area contributed by atoms with Crippen molar-refractivity contribution in [3.05, 3.63) is 0 Å². The fourth-order valence-electron chi connectivity index (χ4n) is 3.24. The van der Waals surface area contributed by atoms with E-state index in [1.807, 2.05) is 27.7 Å². The van der Waals surface area contributed by atoms with Crippen LogP contribution in [0, 0.1) is 17.8 Å². The third kappa shape index (κ3) is 10.4. The third-order valence-electron chi connectivity index (χ3n) is 4.30. The zero-order chi connectivity index (χ0) is 15.1. The Hall–Kier alpha value is 0. The summed E-state index contributed by atoms with van der Waals surface area (Å²) in [6.45, 7) is 14.9. The summed E-state index contributed by atoms with van der Waals surface area (Å²) in [5.41, 5.74) is 0. The molecule has 3 unspecified atom stereocenters. The maximum atomic E-state index is 2.42. The molecule has 0 aliphatic heterocycles. The lowest BCUT2D eigenvalue weighted by Gasteiger charge is -2.15. The summed E-state index contributed by atoms with van der Waals surface area (Å²) in [5.74, 6) is 3.36. The van der Waals surface area contributed by atoms with Crippen LogP contribution in [0.4, 0.5) is 0 Å². The molecular weight excluding hydrogens is 228 g/mol. The first-order valence-electron chi connectivity index (χ1n) is 9.27. The van der Waals surface area contributed by atoms with Gasteiger partial charge in [0.1, 0.15) is 0 Å². The minimum atomic E-state index is 1.08. The predicted octanol–water partition coefficient (Wildman–Crippen LogP) is 7.47. The van der Waals surface area contributed by atoms with Crippen LogP contribution >= 0.6 is 0 Å². The molecule has 0 aromatic heterocycles. The molecule has 19 heavy (non-hydrogen) atoms. The molecule has 0 spiro atoms. The molecule has 2 bridgehead atoms. The van der Waals surface area contributed by atoms with Gasteiger partial charge < -0.3 is 0 Å². The van der Waals surface area contributed by atoms with E-state index in [2.05, 4.69) is 20.8 Å². The minimum Gasteiger partial charge on any atom is -0.0683 e. The number of hydrogen-bond acceptors (Lipinski definition) is 0. The van der Waals surface area contributed by atoms with Crippen molar-refractivity contribution in [2.24, 2.45) is 17.8 Å². The van der Waals surface area contributed by atoms with E-state index in [9.17, 15) is 0 Å². The highest BCUT2D eigenvalue weighted by atomic mass is 14.4. The zero-order valence-electron chi connectivity index (χ0n) is 15.1. The van der Waals surface area contributed by atoms with Crippen LogP contribution in [0.1, 0.15) is 106 Å². The van der Waals surface area contributed by atoms with E-state index in [1.165, 1.54) is 32.1 Å². The van der Waals surface area contributed by atoms with Crippen LogP contribution in [0.15, 0.2) is 0 Å². The highest BCUT2D eigenvalue weighted by Crippen LogP contribution is 2.47. The van der Waals surface area contributed by atoms with Crippen molar-refractivity contribution in [1.29, 1.82) is 0 Å². The van der Waals surface area contributed by atoms with Crippen molar-refractivity contribution in [3.8, 4) is 0 Å². The van der Waals surface area contributed by atoms with Crippen molar-refractivity contribution in [2.75, 3.05) is 0 Å². The lowest BCUT2D eigenvalue weighted by Crippen LogP contribution is -2.04. The molecule has 2 rings (SSSR count). The SMILES string of the molecule is CC.CC.CC1CC2CCC1C2.CCCCCCC. The summed E-state index contributed by atoms with van der Waals surface area (Å²) in [6.07, 6.45) is 13.2. The zero-order valence-corrected chi connectivity index (χ0v) is 15.1. The lowest BCUT2D eigenvalue weighted by atomic mass is 9.91. The fraction of sp³-hybridized carbons (Fsp3) is 1.00. The lowest BCUT2D eigenvalue weighted by molar-refractivity contribution is 0.360.